The second kappa shape index (κ2) is 7.92. The molecule has 5 heteroatoms. The molecule has 0 unspecified atom stereocenters. The summed E-state index contributed by atoms with van der Waals surface area (Å²) in [6.45, 7) is 1.61. The lowest BCUT2D eigenvalue weighted by Gasteiger charge is -2.14. The normalized spacial score (nSPS) is 11.4. The lowest BCUT2D eigenvalue weighted by molar-refractivity contribution is -0.153. The van der Waals surface area contributed by atoms with Crippen molar-refractivity contribution >= 4 is 5.69 Å². The number of hydrogen-bond acceptors (Lipinski definition) is 2. The molecule has 0 saturated heterocycles. The van der Waals surface area contributed by atoms with E-state index < -0.39 is 12.8 Å². The molecule has 2 nitrogen and oxygen atoms in total. The zero-order chi connectivity index (χ0) is 14.1. The molecule has 0 aromatic heterocycles. The summed E-state index contributed by atoms with van der Waals surface area (Å²) in [5, 5.41) is 3.12. The van der Waals surface area contributed by atoms with Gasteiger partial charge in [-0.25, -0.2) is 0 Å². The fraction of sp³-hybridized carbons (Fsp3) is 0.571. The van der Waals surface area contributed by atoms with Crippen molar-refractivity contribution in [2.24, 2.45) is 0 Å². The Kier molecular flexibility index (Phi) is 6.53. The number of hydrogen-bond donors (Lipinski definition) is 1. The van der Waals surface area contributed by atoms with Crippen molar-refractivity contribution in [1.82, 2.24) is 0 Å². The van der Waals surface area contributed by atoms with Gasteiger partial charge in [0.05, 0.1) is 5.69 Å². The van der Waals surface area contributed by atoms with Crippen LogP contribution in [0.5, 0.6) is 5.75 Å². The van der Waals surface area contributed by atoms with E-state index in [1.165, 1.54) is 6.42 Å². The fourth-order valence-corrected chi connectivity index (χ4v) is 1.67. The second-order valence-electron chi connectivity index (χ2n) is 4.39. The maximum absolute atomic E-state index is 12.1. The molecule has 0 fully saturated rings. The quantitative estimate of drug-likeness (QED) is 0.699. The van der Waals surface area contributed by atoms with E-state index >= 15 is 0 Å². The summed E-state index contributed by atoms with van der Waals surface area (Å²) in [6.07, 6.45) is 0.143. The molecule has 0 atom stereocenters. The number of benzene rings is 1. The number of anilines is 1. The van der Waals surface area contributed by atoms with Gasteiger partial charge in [-0.2, -0.15) is 13.2 Å². The summed E-state index contributed by atoms with van der Waals surface area (Å²) in [5.41, 5.74) is 0.614. The molecule has 19 heavy (non-hydrogen) atoms. The first-order valence-electron chi connectivity index (χ1n) is 6.55. The summed E-state index contributed by atoms with van der Waals surface area (Å²) in [6, 6.07) is 6.70. The highest BCUT2D eigenvalue weighted by molar-refractivity contribution is 5.56. The van der Waals surface area contributed by atoms with Crippen LogP contribution in [0.25, 0.3) is 0 Å². The molecule has 0 aliphatic rings. The van der Waals surface area contributed by atoms with Gasteiger partial charge in [0, 0.05) is 6.54 Å². The largest absolute Gasteiger partial charge is 0.482 e. The van der Waals surface area contributed by atoms with E-state index in [-0.39, 0.29) is 5.75 Å². The van der Waals surface area contributed by atoms with E-state index in [1.807, 2.05) is 0 Å². The summed E-state index contributed by atoms with van der Waals surface area (Å²) < 4.78 is 41.1. The molecule has 1 N–H and O–H groups in total. The van der Waals surface area contributed by atoms with Crippen molar-refractivity contribution in [3.05, 3.63) is 24.3 Å². The summed E-state index contributed by atoms with van der Waals surface area (Å²) in [5.74, 6) is 0.246. The van der Waals surface area contributed by atoms with Gasteiger partial charge in [-0.05, 0) is 18.6 Å². The molecule has 0 heterocycles. The molecule has 0 amide bonds. The minimum atomic E-state index is -4.31. The minimum Gasteiger partial charge on any atom is -0.482 e. The summed E-state index contributed by atoms with van der Waals surface area (Å²) >= 11 is 0. The van der Waals surface area contributed by atoms with Gasteiger partial charge in [-0.3, -0.25) is 0 Å². The molecular formula is C14H20F3NO. The van der Waals surface area contributed by atoms with Crippen molar-refractivity contribution in [3.63, 3.8) is 0 Å². The van der Waals surface area contributed by atoms with Crippen LogP contribution in [0.3, 0.4) is 0 Å². The third-order valence-electron chi connectivity index (χ3n) is 2.62. The molecule has 0 bridgehead atoms. The Morgan fingerprint density at radius 3 is 2.53 bits per heavy atom. The summed E-state index contributed by atoms with van der Waals surface area (Å²) in [7, 11) is 0. The number of unbranched alkanes of at least 4 members (excludes halogenated alkanes) is 3. The third-order valence-corrected chi connectivity index (χ3v) is 2.62. The Hall–Kier alpha value is -1.39. The zero-order valence-electron chi connectivity index (χ0n) is 11.1. The number of alkyl halides is 3. The van der Waals surface area contributed by atoms with E-state index in [9.17, 15) is 13.2 Å². The predicted molar refractivity (Wildman–Crippen MR) is 70.6 cm³/mol. The molecule has 1 aromatic rings. The Morgan fingerprint density at radius 2 is 1.84 bits per heavy atom. The lowest BCUT2D eigenvalue weighted by Crippen LogP contribution is -2.19. The van der Waals surface area contributed by atoms with E-state index in [0.717, 1.165) is 25.8 Å². The standard InChI is InChI=1S/C14H20F3NO/c1-2-3-4-7-10-18-12-8-5-6-9-13(12)19-11-14(15,16)17/h5-6,8-9,18H,2-4,7,10-11H2,1H3. The van der Waals surface area contributed by atoms with Gasteiger partial charge >= 0.3 is 6.18 Å². The number of para-hydroxylation sites is 2. The highest BCUT2D eigenvalue weighted by Gasteiger charge is 2.28. The smallest absolute Gasteiger partial charge is 0.422 e. The van der Waals surface area contributed by atoms with Crippen molar-refractivity contribution in [1.29, 1.82) is 0 Å². The maximum atomic E-state index is 12.1. The Labute approximate surface area is 112 Å². The first-order valence-corrected chi connectivity index (χ1v) is 6.55. The molecule has 0 spiro atoms. The average Bonchev–Trinajstić information content (AvgIpc) is 2.36. The van der Waals surface area contributed by atoms with Gasteiger partial charge in [-0.15, -0.1) is 0 Å². The SMILES string of the molecule is CCCCCCNc1ccccc1OCC(F)(F)F. The van der Waals surface area contributed by atoms with Gasteiger partial charge in [0.25, 0.3) is 0 Å². The highest BCUT2D eigenvalue weighted by Crippen LogP contribution is 2.26. The van der Waals surface area contributed by atoms with E-state index in [2.05, 4.69) is 12.2 Å². The van der Waals surface area contributed by atoms with Gasteiger partial charge < -0.3 is 10.1 Å². The second-order valence-corrected chi connectivity index (χ2v) is 4.39. The minimum absolute atomic E-state index is 0.246. The van der Waals surface area contributed by atoms with Crippen LogP contribution in [-0.4, -0.2) is 19.3 Å². The third kappa shape index (κ3) is 6.94. The number of rotatable bonds is 8. The maximum Gasteiger partial charge on any atom is 0.422 e. The van der Waals surface area contributed by atoms with Crippen LogP contribution in [0.2, 0.25) is 0 Å². The first kappa shape index (κ1) is 15.7. The van der Waals surface area contributed by atoms with Gasteiger partial charge in [-0.1, -0.05) is 38.3 Å². The molecule has 0 saturated carbocycles. The Balaban J connectivity index is 2.44. The van der Waals surface area contributed by atoms with Crippen LogP contribution >= 0.6 is 0 Å². The van der Waals surface area contributed by atoms with E-state index in [0.29, 0.717) is 5.69 Å². The first-order chi connectivity index (χ1) is 9.03. The molecular weight excluding hydrogens is 255 g/mol. The van der Waals surface area contributed by atoms with Crippen molar-refractivity contribution in [3.8, 4) is 5.75 Å². The molecule has 1 aromatic carbocycles. The monoisotopic (exact) mass is 275 g/mol. The van der Waals surface area contributed by atoms with Crippen LogP contribution in [0.15, 0.2) is 24.3 Å². The molecule has 108 valence electrons. The number of halogens is 3. The van der Waals surface area contributed by atoms with Crippen LogP contribution in [0.4, 0.5) is 18.9 Å². The van der Waals surface area contributed by atoms with Crippen molar-refractivity contribution < 1.29 is 17.9 Å². The fourth-order valence-electron chi connectivity index (χ4n) is 1.67. The molecule has 0 aliphatic carbocycles. The molecule has 0 radical (unpaired) electrons. The van der Waals surface area contributed by atoms with E-state index in [4.69, 9.17) is 4.74 Å². The van der Waals surface area contributed by atoms with Crippen LogP contribution < -0.4 is 10.1 Å². The molecule has 0 aliphatic heterocycles. The van der Waals surface area contributed by atoms with Crippen LogP contribution in [0.1, 0.15) is 32.6 Å². The summed E-state index contributed by atoms with van der Waals surface area (Å²) in [4.78, 5) is 0. The lowest BCUT2D eigenvalue weighted by atomic mass is 10.2. The van der Waals surface area contributed by atoms with Crippen molar-refractivity contribution in [2.75, 3.05) is 18.5 Å². The number of ether oxygens (including phenoxy) is 1. The van der Waals surface area contributed by atoms with Gasteiger partial charge in [0.2, 0.25) is 0 Å². The Morgan fingerprint density at radius 1 is 1.11 bits per heavy atom. The zero-order valence-corrected chi connectivity index (χ0v) is 11.1. The predicted octanol–water partition coefficient (Wildman–Crippen LogP) is 4.62. The highest BCUT2D eigenvalue weighted by atomic mass is 19.4. The Bertz CT molecular complexity index is 366. The van der Waals surface area contributed by atoms with Crippen LogP contribution in [0, 0.1) is 0 Å². The molecule has 1 rings (SSSR count). The topological polar surface area (TPSA) is 21.3 Å². The average molecular weight is 275 g/mol. The van der Waals surface area contributed by atoms with E-state index in [1.54, 1.807) is 24.3 Å². The van der Waals surface area contributed by atoms with Crippen LogP contribution in [-0.2, 0) is 0 Å². The van der Waals surface area contributed by atoms with Gasteiger partial charge in [0.15, 0.2) is 6.61 Å². The van der Waals surface area contributed by atoms with Crippen molar-refractivity contribution in [2.45, 2.75) is 38.8 Å². The number of nitrogens with one attached hydrogen (secondary N) is 1. The van der Waals surface area contributed by atoms with Gasteiger partial charge in [0.1, 0.15) is 5.75 Å².